The van der Waals surface area contributed by atoms with Crippen molar-refractivity contribution in [2.24, 2.45) is 17.6 Å². The third kappa shape index (κ3) is 13.6. The number of primary amides is 1. The number of rotatable bonds is 22. The number of benzene rings is 1. The number of aliphatic hydroxyl groups excluding tert-OH is 2. The van der Waals surface area contributed by atoms with Crippen LogP contribution >= 0.6 is 0 Å². The van der Waals surface area contributed by atoms with Crippen molar-refractivity contribution in [1.82, 2.24) is 36.5 Å². The predicted octanol–water partition coefficient (Wildman–Crippen LogP) is -1.20. The number of aromatic amines is 1. The van der Waals surface area contributed by atoms with E-state index in [0.717, 1.165) is 22.7 Å². The van der Waals surface area contributed by atoms with Gasteiger partial charge in [-0.05, 0) is 43.7 Å². The van der Waals surface area contributed by atoms with E-state index >= 15 is 0 Å². The smallest absolute Gasteiger partial charge is 0.326 e. The van der Waals surface area contributed by atoms with Crippen LogP contribution in [0.2, 0.25) is 0 Å². The molecule has 0 aliphatic carbocycles. The second-order valence-corrected chi connectivity index (χ2v) is 14.7. The summed E-state index contributed by atoms with van der Waals surface area (Å²) in [7, 11) is 1.27. The van der Waals surface area contributed by atoms with E-state index in [-0.39, 0.29) is 19.3 Å². The first-order valence-electron chi connectivity index (χ1n) is 18.8. The maximum absolute atomic E-state index is 14.1. The molecule has 1 aromatic carbocycles. The number of nitrogens with zero attached hydrogens (tertiary/aromatic N) is 1. The van der Waals surface area contributed by atoms with Crippen molar-refractivity contribution >= 4 is 58.2 Å². The number of hydrogen-bond donors (Lipinski definition) is 10. The lowest BCUT2D eigenvalue weighted by atomic mass is 9.95. The molecule has 0 fully saturated rings. The van der Waals surface area contributed by atoms with Gasteiger partial charge in [-0.1, -0.05) is 52.3 Å². The topological polar surface area (TPSA) is 302 Å². The van der Waals surface area contributed by atoms with Crippen molar-refractivity contribution in [1.29, 1.82) is 0 Å². The maximum Gasteiger partial charge on any atom is 0.326 e. The number of amides is 7. The van der Waals surface area contributed by atoms with Crippen LogP contribution in [0.1, 0.15) is 73.3 Å². The molecule has 0 saturated carbocycles. The number of carboxylic acid groups (broad SMARTS) is 1. The first kappa shape index (κ1) is 47.6. The molecule has 7 amide bonds. The Balaban J connectivity index is 2.45. The number of aliphatic hydroxyl groups is 2. The Bertz CT molecular complexity index is 1760. The molecule has 2 aromatic rings. The fourth-order valence-electron chi connectivity index (χ4n) is 6.25. The van der Waals surface area contributed by atoms with Crippen LogP contribution in [0, 0.1) is 11.8 Å². The van der Waals surface area contributed by atoms with Crippen LogP contribution < -0.4 is 32.3 Å². The zero-order chi connectivity index (χ0) is 43.3. The molecule has 57 heavy (non-hydrogen) atoms. The summed E-state index contributed by atoms with van der Waals surface area (Å²) >= 11 is 0. The summed E-state index contributed by atoms with van der Waals surface area (Å²) in [4.78, 5) is 108. The van der Waals surface area contributed by atoms with E-state index in [1.807, 2.05) is 6.07 Å². The first-order valence-corrected chi connectivity index (χ1v) is 18.8. The lowest BCUT2D eigenvalue weighted by Gasteiger charge is -2.35. The van der Waals surface area contributed by atoms with E-state index in [0.29, 0.717) is 12.0 Å². The van der Waals surface area contributed by atoms with E-state index < -0.39 is 108 Å². The van der Waals surface area contributed by atoms with Gasteiger partial charge >= 0.3 is 5.97 Å². The van der Waals surface area contributed by atoms with E-state index in [1.54, 1.807) is 52.1 Å². The van der Waals surface area contributed by atoms with Gasteiger partial charge in [0.25, 0.3) is 0 Å². The van der Waals surface area contributed by atoms with Gasteiger partial charge in [0, 0.05) is 43.9 Å². The summed E-state index contributed by atoms with van der Waals surface area (Å²) in [5.41, 5.74) is 6.69. The zero-order valence-corrected chi connectivity index (χ0v) is 33.6. The summed E-state index contributed by atoms with van der Waals surface area (Å²) in [6.45, 7) is 10.2. The van der Waals surface area contributed by atoms with Gasteiger partial charge in [-0.2, -0.15) is 0 Å². The number of H-pyrrole nitrogens is 1. The van der Waals surface area contributed by atoms with Crippen LogP contribution in [-0.2, 0) is 44.8 Å². The van der Waals surface area contributed by atoms with Gasteiger partial charge in [-0.3, -0.25) is 33.6 Å². The van der Waals surface area contributed by atoms with Gasteiger partial charge in [0.15, 0.2) is 0 Å². The van der Waals surface area contributed by atoms with Crippen molar-refractivity contribution in [3.8, 4) is 0 Å². The highest BCUT2D eigenvalue weighted by molar-refractivity contribution is 5.97. The molecule has 0 saturated heterocycles. The number of carbonyl (C=O) groups is 8. The molecular weight excluding hydrogens is 744 g/mol. The molecule has 9 atom stereocenters. The fraction of sp³-hybridized carbons (Fsp3) is 0.579. The number of nitrogens with two attached hydrogens (primary N) is 1. The second-order valence-electron chi connectivity index (χ2n) is 14.7. The largest absolute Gasteiger partial charge is 0.480 e. The average molecular weight is 803 g/mol. The molecule has 0 unspecified atom stereocenters. The molecule has 1 heterocycles. The highest BCUT2D eigenvalue weighted by Gasteiger charge is 2.39. The van der Waals surface area contributed by atoms with Crippen molar-refractivity contribution in [3.05, 3.63) is 36.0 Å². The lowest BCUT2D eigenvalue weighted by molar-refractivity contribution is -0.145. The van der Waals surface area contributed by atoms with Gasteiger partial charge < -0.3 is 57.5 Å². The number of hydrogen-bond acceptors (Lipinski definition) is 10. The number of aliphatic carboxylic acids is 1. The minimum absolute atomic E-state index is 0.102. The zero-order valence-electron chi connectivity index (χ0n) is 33.6. The summed E-state index contributed by atoms with van der Waals surface area (Å²) < 4.78 is 0. The number of likely N-dealkylation sites (N-methyl/N-ethyl adjacent to an activating group) is 1. The number of nitrogens with one attached hydrogen (secondary N) is 6. The molecular formula is C38H58N8O11. The normalized spacial score (nSPS) is 16.1. The summed E-state index contributed by atoms with van der Waals surface area (Å²) in [5.74, 6) is -8.30. The van der Waals surface area contributed by atoms with Gasteiger partial charge in [0.1, 0.15) is 36.3 Å². The van der Waals surface area contributed by atoms with E-state index in [1.165, 1.54) is 20.9 Å². The molecule has 0 radical (unpaired) electrons. The number of carbonyl (C=O) groups excluding carboxylic acids is 7. The van der Waals surface area contributed by atoms with Crippen molar-refractivity contribution < 1.29 is 53.7 Å². The standard InChI is InChI=1S/C38H58N8O11/c1-9-19(4)32(46(8)37(55)26(14-15-28(39)50)42-34(52)30(20(5)47)41-22(7)49)36(54)45-31(21(6)48)35(53)43-27(33(51)44-29(18(2)3)38(56)57)16-23-17-40-25-13-11-10-12-24(23)25/h10-13,17-21,26-27,29-32,40,47-48H,9,14-16H2,1-8H3,(H2,39,50)(H,41,49)(H,42,52)(H,43,53)(H,44,51)(H,45,54)(H,56,57)/t19-,20-,21-,26-,27-,29-,30-,31-,32-/m0/s1. The van der Waals surface area contributed by atoms with Crippen LogP contribution in [0.15, 0.2) is 30.5 Å². The Kier molecular flexibility index (Phi) is 18.1. The van der Waals surface area contributed by atoms with Gasteiger partial charge in [-0.15, -0.1) is 0 Å². The molecule has 19 heteroatoms. The minimum atomic E-state index is -1.68. The van der Waals surface area contributed by atoms with Crippen LogP contribution in [0.4, 0.5) is 0 Å². The van der Waals surface area contributed by atoms with E-state index in [4.69, 9.17) is 5.73 Å². The van der Waals surface area contributed by atoms with Crippen LogP contribution in [-0.4, -0.2) is 128 Å². The molecule has 0 bridgehead atoms. The highest BCUT2D eigenvalue weighted by Crippen LogP contribution is 2.20. The number of para-hydroxylation sites is 1. The lowest BCUT2D eigenvalue weighted by Crippen LogP contribution is -2.63. The highest BCUT2D eigenvalue weighted by atomic mass is 16.4. The number of aromatic nitrogens is 1. The van der Waals surface area contributed by atoms with Crippen molar-refractivity contribution in [3.63, 3.8) is 0 Å². The molecule has 19 nitrogen and oxygen atoms in total. The molecule has 11 N–H and O–H groups in total. The summed E-state index contributed by atoms with van der Waals surface area (Å²) in [6.07, 6.45) is -1.69. The van der Waals surface area contributed by atoms with Crippen LogP contribution in [0.3, 0.4) is 0 Å². The monoisotopic (exact) mass is 802 g/mol. The Morgan fingerprint density at radius 3 is 1.82 bits per heavy atom. The number of carboxylic acids is 1. The van der Waals surface area contributed by atoms with Gasteiger partial charge in [-0.25, -0.2) is 4.79 Å². The third-order valence-corrected chi connectivity index (χ3v) is 9.66. The van der Waals surface area contributed by atoms with Crippen molar-refractivity contribution in [2.45, 2.75) is 123 Å². The Morgan fingerprint density at radius 1 is 0.772 bits per heavy atom. The maximum atomic E-state index is 14.1. The van der Waals surface area contributed by atoms with Crippen LogP contribution in [0.5, 0.6) is 0 Å². The van der Waals surface area contributed by atoms with Crippen LogP contribution in [0.25, 0.3) is 10.9 Å². The Hall–Kier alpha value is -5.56. The Labute approximate surface area is 331 Å². The molecule has 0 aliphatic rings. The SMILES string of the molecule is CC[C@H](C)[C@@H](C(=O)N[C@H](C(=O)N[C@@H](Cc1c[nH]c2ccccc12)C(=O)N[C@H](C(=O)O)C(C)C)[C@H](C)O)N(C)C(=O)[C@H](CCC(N)=O)NC(=O)[C@@H](NC(C)=O)[C@H](C)O. The molecule has 0 aliphatic heterocycles. The second kappa shape index (κ2) is 21.7. The molecule has 2 rings (SSSR count). The summed E-state index contributed by atoms with van der Waals surface area (Å²) in [5, 5.41) is 43.7. The quantitative estimate of drug-likeness (QED) is 0.0674. The van der Waals surface area contributed by atoms with E-state index in [9.17, 15) is 53.7 Å². The molecule has 1 aromatic heterocycles. The third-order valence-electron chi connectivity index (χ3n) is 9.66. The van der Waals surface area contributed by atoms with Gasteiger partial charge in [0.2, 0.25) is 41.4 Å². The average Bonchev–Trinajstić information content (AvgIpc) is 3.54. The van der Waals surface area contributed by atoms with Gasteiger partial charge in [0.05, 0.1) is 12.2 Å². The predicted molar refractivity (Wildman–Crippen MR) is 208 cm³/mol. The summed E-state index contributed by atoms with van der Waals surface area (Å²) in [6, 6.07) is -1.38. The molecule has 0 spiro atoms. The van der Waals surface area contributed by atoms with Crippen molar-refractivity contribution in [2.75, 3.05) is 7.05 Å². The fourth-order valence-corrected chi connectivity index (χ4v) is 6.25. The minimum Gasteiger partial charge on any atom is -0.480 e. The number of fused-ring (bicyclic) bond motifs is 1. The first-order chi connectivity index (χ1) is 26.6. The molecule has 316 valence electrons. The Morgan fingerprint density at radius 2 is 1.32 bits per heavy atom. The van der Waals surface area contributed by atoms with E-state index in [2.05, 4.69) is 31.6 Å².